The van der Waals surface area contributed by atoms with Gasteiger partial charge in [-0.1, -0.05) is 0 Å². The van der Waals surface area contributed by atoms with E-state index in [2.05, 4.69) is 51.1 Å². The number of ether oxygens (including phenoxy) is 1. The van der Waals surface area contributed by atoms with Crippen LogP contribution in [0.4, 0.5) is 0 Å². The van der Waals surface area contributed by atoms with Crippen LogP contribution in [0.5, 0.6) is 0 Å². The Hall–Kier alpha value is -0.840. The maximum Gasteiger partial charge on any atom is 0.129 e. The summed E-state index contributed by atoms with van der Waals surface area (Å²) in [5.74, 6) is 0.899. The Kier molecular flexibility index (Phi) is 6.55. The predicted molar refractivity (Wildman–Crippen MR) is 78.1 cm³/mol. The van der Waals surface area contributed by atoms with Gasteiger partial charge in [-0.2, -0.15) is 0 Å². The summed E-state index contributed by atoms with van der Waals surface area (Å²) in [5.41, 5.74) is 1.29. The van der Waals surface area contributed by atoms with E-state index in [9.17, 15) is 0 Å². The van der Waals surface area contributed by atoms with Crippen molar-refractivity contribution in [3.05, 3.63) is 23.7 Å². The van der Waals surface area contributed by atoms with Crippen molar-refractivity contribution in [2.45, 2.75) is 45.9 Å². The van der Waals surface area contributed by atoms with Gasteiger partial charge in [0, 0.05) is 24.3 Å². The van der Waals surface area contributed by atoms with Gasteiger partial charge >= 0.3 is 0 Å². The van der Waals surface area contributed by atoms with Crippen molar-refractivity contribution >= 4 is 0 Å². The van der Waals surface area contributed by atoms with Gasteiger partial charge in [-0.15, -0.1) is 0 Å². The van der Waals surface area contributed by atoms with Crippen molar-refractivity contribution in [1.82, 2.24) is 10.2 Å². The van der Waals surface area contributed by atoms with Crippen molar-refractivity contribution in [2.24, 2.45) is 0 Å². The van der Waals surface area contributed by atoms with Crippen molar-refractivity contribution in [3.8, 4) is 0 Å². The molecule has 1 N–H and O–H groups in total. The molecule has 0 aliphatic heterocycles. The Morgan fingerprint density at radius 2 is 2.05 bits per heavy atom. The van der Waals surface area contributed by atoms with Gasteiger partial charge in [0.2, 0.25) is 0 Å². The molecule has 0 aliphatic rings. The first-order valence-electron chi connectivity index (χ1n) is 6.90. The Morgan fingerprint density at radius 3 is 2.68 bits per heavy atom. The van der Waals surface area contributed by atoms with Crippen molar-refractivity contribution in [3.63, 3.8) is 0 Å². The number of nitrogens with zero attached hydrogens (tertiary/aromatic N) is 1. The van der Waals surface area contributed by atoms with Crippen LogP contribution in [-0.4, -0.2) is 37.7 Å². The normalized spacial score (nSPS) is 12.3. The zero-order chi connectivity index (χ0) is 14.3. The Labute approximate surface area is 117 Å². The molecule has 0 saturated heterocycles. The number of rotatable bonds is 8. The minimum absolute atomic E-state index is 0.125. The molecule has 0 atom stereocenters. The lowest BCUT2D eigenvalue weighted by atomic mass is 10.1. The summed E-state index contributed by atoms with van der Waals surface area (Å²) in [6.45, 7) is 9.68. The predicted octanol–water partition coefficient (Wildman–Crippen LogP) is 2.64. The third-order valence-electron chi connectivity index (χ3n) is 2.67. The lowest BCUT2D eigenvalue weighted by Gasteiger charge is -2.19. The number of hydrogen-bond donors (Lipinski definition) is 1. The van der Waals surface area contributed by atoms with Crippen molar-refractivity contribution < 1.29 is 9.15 Å². The molecule has 0 amide bonds. The molecule has 0 saturated carbocycles. The van der Waals surface area contributed by atoms with Gasteiger partial charge in [-0.25, -0.2) is 0 Å². The van der Waals surface area contributed by atoms with Crippen LogP contribution in [0.1, 0.15) is 38.5 Å². The van der Waals surface area contributed by atoms with Gasteiger partial charge in [0.1, 0.15) is 12.4 Å². The molecule has 4 nitrogen and oxygen atoms in total. The van der Waals surface area contributed by atoms with E-state index in [1.807, 2.05) is 0 Å². The topological polar surface area (TPSA) is 37.6 Å². The Bertz CT molecular complexity index is 353. The highest BCUT2D eigenvalue weighted by molar-refractivity contribution is 5.12. The smallest absolute Gasteiger partial charge is 0.129 e. The third-order valence-corrected chi connectivity index (χ3v) is 2.67. The molecular weight excluding hydrogens is 240 g/mol. The average molecular weight is 268 g/mol. The molecule has 0 fully saturated rings. The Morgan fingerprint density at radius 1 is 1.32 bits per heavy atom. The summed E-state index contributed by atoms with van der Waals surface area (Å²) < 4.78 is 11.1. The lowest BCUT2D eigenvalue weighted by Crippen LogP contribution is -2.34. The van der Waals surface area contributed by atoms with Crippen LogP contribution < -0.4 is 5.32 Å². The van der Waals surface area contributed by atoms with Crippen LogP contribution in [0.3, 0.4) is 0 Å². The average Bonchev–Trinajstić information content (AvgIpc) is 2.72. The maximum atomic E-state index is 5.59. The van der Waals surface area contributed by atoms with Crippen molar-refractivity contribution in [1.29, 1.82) is 0 Å². The minimum Gasteiger partial charge on any atom is -0.467 e. The van der Waals surface area contributed by atoms with E-state index in [-0.39, 0.29) is 5.54 Å². The van der Waals surface area contributed by atoms with Gasteiger partial charge in [-0.05, 0) is 53.9 Å². The second kappa shape index (κ2) is 7.68. The first kappa shape index (κ1) is 16.2. The molecule has 0 bridgehead atoms. The highest BCUT2D eigenvalue weighted by atomic mass is 16.5. The fraction of sp³-hybridized carbons (Fsp3) is 0.733. The van der Waals surface area contributed by atoms with Gasteiger partial charge < -0.3 is 19.4 Å². The van der Waals surface area contributed by atoms with Gasteiger partial charge in [0.05, 0.1) is 6.26 Å². The summed E-state index contributed by atoms with van der Waals surface area (Å²) in [4.78, 5) is 2.16. The number of nitrogens with one attached hydrogen (secondary N) is 1. The van der Waals surface area contributed by atoms with Crippen LogP contribution in [0.2, 0.25) is 0 Å². The molecule has 1 rings (SSSR count). The van der Waals surface area contributed by atoms with E-state index in [0.717, 1.165) is 31.9 Å². The third kappa shape index (κ3) is 8.03. The van der Waals surface area contributed by atoms with E-state index < -0.39 is 0 Å². The molecule has 1 aromatic rings. The van der Waals surface area contributed by atoms with Crippen LogP contribution in [0.25, 0.3) is 0 Å². The van der Waals surface area contributed by atoms with Crippen LogP contribution >= 0.6 is 0 Å². The van der Waals surface area contributed by atoms with E-state index >= 15 is 0 Å². The SMILES string of the molecule is CN(C)CCCOCc1cc(CNC(C)(C)C)co1. The fourth-order valence-corrected chi connectivity index (χ4v) is 1.62. The zero-order valence-corrected chi connectivity index (χ0v) is 13.0. The molecule has 1 heterocycles. The summed E-state index contributed by atoms with van der Waals surface area (Å²) in [7, 11) is 4.14. The molecule has 0 spiro atoms. The summed E-state index contributed by atoms with van der Waals surface area (Å²) in [6.07, 6.45) is 2.85. The van der Waals surface area contributed by atoms with Gasteiger partial charge in [-0.3, -0.25) is 0 Å². The lowest BCUT2D eigenvalue weighted by molar-refractivity contribution is 0.0994. The molecule has 0 aliphatic carbocycles. The monoisotopic (exact) mass is 268 g/mol. The van der Waals surface area contributed by atoms with E-state index in [4.69, 9.17) is 9.15 Å². The molecule has 19 heavy (non-hydrogen) atoms. The molecule has 0 aromatic carbocycles. The largest absolute Gasteiger partial charge is 0.467 e. The van der Waals surface area contributed by atoms with E-state index in [1.54, 1.807) is 6.26 Å². The standard InChI is InChI=1S/C15H28N2O2/c1-15(2,3)16-10-13-9-14(19-11-13)12-18-8-6-7-17(4)5/h9,11,16H,6-8,10,12H2,1-5H3. The quantitative estimate of drug-likeness (QED) is 0.736. The maximum absolute atomic E-state index is 5.59. The fourth-order valence-electron chi connectivity index (χ4n) is 1.62. The van der Waals surface area contributed by atoms with Gasteiger partial charge in [0.15, 0.2) is 0 Å². The molecule has 110 valence electrons. The first-order chi connectivity index (χ1) is 8.87. The van der Waals surface area contributed by atoms with Gasteiger partial charge in [0.25, 0.3) is 0 Å². The number of furan rings is 1. The summed E-state index contributed by atoms with van der Waals surface area (Å²) in [6, 6.07) is 2.06. The molecular formula is C15H28N2O2. The number of hydrogen-bond acceptors (Lipinski definition) is 4. The minimum atomic E-state index is 0.125. The molecule has 0 unspecified atom stereocenters. The van der Waals surface area contributed by atoms with Crippen molar-refractivity contribution in [2.75, 3.05) is 27.2 Å². The van der Waals surface area contributed by atoms with E-state index in [1.165, 1.54) is 5.56 Å². The summed E-state index contributed by atoms with van der Waals surface area (Å²) in [5, 5.41) is 3.43. The van der Waals surface area contributed by atoms with Crippen LogP contribution in [0, 0.1) is 0 Å². The first-order valence-corrected chi connectivity index (χ1v) is 6.90. The highest BCUT2D eigenvalue weighted by Gasteiger charge is 2.09. The van der Waals surface area contributed by atoms with E-state index in [0.29, 0.717) is 6.61 Å². The Balaban J connectivity index is 2.20. The molecule has 1 aromatic heterocycles. The second-order valence-electron chi connectivity index (χ2n) is 6.23. The van der Waals surface area contributed by atoms with Crippen LogP contribution in [-0.2, 0) is 17.9 Å². The highest BCUT2D eigenvalue weighted by Crippen LogP contribution is 2.10. The van der Waals surface area contributed by atoms with Crippen LogP contribution in [0.15, 0.2) is 16.7 Å². The summed E-state index contributed by atoms with van der Waals surface area (Å²) >= 11 is 0. The second-order valence-corrected chi connectivity index (χ2v) is 6.23. The zero-order valence-electron chi connectivity index (χ0n) is 13.0. The molecule has 4 heteroatoms. The molecule has 0 radical (unpaired) electrons.